The van der Waals surface area contributed by atoms with Crippen LogP contribution in [-0.4, -0.2) is 139 Å². The van der Waals surface area contributed by atoms with Crippen LogP contribution in [0, 0.1) is 5.92 Å². The Bertz CT molecular complexity index is 3570. The van der Waals surface area contributed by atoms with E-state index in [1.165, 1.54) is 48.5 Å². The van der Waals surface area contributed by atoms with Crippen LogP contribution in [0.4, 0.5) is 4.79 Å². The summed E-state index contributed by atoms with van der Waals surface area (Å²) in [4.78, 5) is 132. The van der Waals surface area contributed by atoms with Crippen LogP contribution >= 0.6 is 0 Å². The third kappa shape index (κ3) is 14.7. The highest BCUT2D eigenvalue weighted by Crippen LogP contribution is 2.45. The molecule has 1 saturated heterocycles. The largest absolute Gasteiger partial charge is 0.467 e. The topological polar surface area (TPSA) is 258 Å². The Balaban J connectivity index is 1.12. The fraction of sp³-hybridized carbons (Fsp3) is 0.329. The van der Waals surface area contributed by atoms with E-state index in [1.807, 2.05) is 48.5 Å². The van der Waals surface area contributed by atoms with Crippen molar-refractivity contribution in [1.82, 2.24) is 20.9 Å². The molecule has 0 radical (unpaired) electrons. The van der Waals surface area contributed by atoms with Crippen LogP contribution < -0.4 is 16.0 Å². The lowest BCUT2D eigenvalue weighted by atomic mass is 9.85. The quantitative estimate of drug-likeness (QED) is 0.0234. The van der Waals surface area contributed by atoms with Crippen molar-refractivity contribution >= 4 is 53.6 Å². The predicted octanol–water partition coefficient (Wildman–Crippen LogP) is 8.97. The molecule has 3 N–H and O–H groups in total. The van der Waals surface area contributed by atoms with Crippen LogP contribution in [0.3, 0.4) is 0 Å². The van der Waals surface area contributed by atoms with Crippen molar-refractivity contribution in [1.29, 1.82) is 0 Å². The molecule has 0 spiro atoms. The van der Waals surface area contributed by atoms with Gasteiger partial charge in [-0.1, -0.05) is 142 Å². The second-order valence-electron chi connectivity index (χ2n) is 23.2. The minimum absolute atomic E-state index is 0.00695. The van der Waals surface area contributed by atoms with Crippen LogP contribution in [0.5, 0.6) is 0 Å². The smallest absolute Gasteiger partial charge is 0.407 e. The number of carbonyl (C=O) groups is 9. The molecule has 9 rings (SSSR count). The van der Waals surface area contributed by atoms with E-state index in [1.54, 1.807) is 108 Å². The number of amides is 5. The zero-order valence-electron chi connectivity index (χ0n) is 51.0. The van der Waals surface area contributed by atoms with Gasteiger partial charge in [0.2, 0.25) is 11.8 Å². The van der Waals surface area contributed by atoms with Crippen molar-refractivity contribution in [3.05, 3.63) is 215 Å². The molecular weight excluding hydrogens is 1150 g/mol. The SMILES string of the molecule is C=C(C[C@H](NC(=O)[C@@H](NC(=O)OCC1c2ccccc2-c2ccccc21)[C@@H](C)OC(C)(C)C)C(=O)N[C@H](C(=O)OC)C(C)CC)[C@@H]1OC(COC(=O)c2ccccc2)[C@@H](OC(=O)c2ccccc2)C(OC(=O)c2ccccc2)C1N1C(=O)c2ccccc2C1=O. The van der Waals surface area contributed by atoms with Gasteiger partial charge in [0.05, 0.1) is 46.6 Å². The van der Waals surface area contributed by atoms with Gasteiger partial charge in [-0.15, -0.1) is 0 Å². The number of fused-ring (bicyclic) bond motifs is 4. The molecule has 468 valence electrons. The molecule has 6 aromatic rings. The Morgan fingerprint density at radius 2 is 1.06 bits per heavy atom. The summed E-state index contributed by atoms with van der Waals surface area (Å²) in [7, 11) is 1.15. The minimum atomic E-state index is -1.89. The van der Waals surface area contributed by atoms with Gasteiger partial charge in [0.15, 0.2) is 12.2 Å². The molecule has 0 aromatic heterocycles. The maximum Gasteiger partial charge on any atom is 0.407 e. The molecule has 1 aliphatic carbocycles. The first kappa shape index (κ1) is 64.7. The van der Waals surface area contributed by atoms with Gasteiger partial charge in [0.1, 0.15) is 49.6 Å². The number of rotatable bonds is 23. The Kier molecular flexibility index (Phi) is 20.5. The molecular formula is C70H72N4O16. The normalized spacial score (nSPS) is 19.2. The van der Waals surface area contributed by atoms with Crippen molar-refractivity contribution in [2.24, 2.45) is 5.92 Å². The molecule has 90 heavy (non-hydrogen) atoms. The second-order valence-corrected chi connectivity index (χ2v) is 23.2. The summed E-state index contributed by atoms with van der Waals surface area (Å²) in [6.07, 6.45) is -9.43. The van der Waals surface area contributed by atoms with Crippen LogP contribution in [0.25, 0.3) is 11.1 Å². The molecule has 3 aliphatic rings. The number of esters is 4. The summed E-state index contributed by atoms with van der Waals surface area (Å²) < 4.78 is 42.8. The van der Waals surface area contributed by atoms with Crippen molar-refractivity contribution in [2.45, 2.75) is 121 Å². The lowest BCUT2D eigenvalue weighted by Gasteiger charge is -2.48. The first-order chi connectivity index (χ1) is 43.2. The summed E-state index contributed by atoms with van der Waals surface area (Å²) in [5.41, 5.74) is 2.92. The van der Waals surface area contributed by atoms with Crippen molar-refractivity contribution in [2.75, 3.05) is 20.3 Å². The van der Waals surface area contributed by atoms with Crippen LogP contribution in [0.2, 0.25) is 0 Å². The lowest BCUT2D eigenvalue weighted by Crippen LogP contribution is -2.67. The lowest BCUT2D eigenvalue weighted by molar-refractivity contribution is -0.197. The Hall–Kier alpha value is -9.79. The molecule has 20 heteroatoms. The molecule has 20 nitrogen and oxygen atoms in total. The average Bonchev–Trinajstić information content (AvgIpc) is 1.47. The maximum atomic E-state index is 15.3. The van der Waals surface area contributed by atoms with Gasteiger partial charge >= 0.3 is 30.0 Å². The van der Waals surface area contributed by atoms with Gasteiger partial charge in [-0.25, -0.2) is 24.0 Å². The molecule has 5 amide bonds. The summed E-state index contributed by atoms with van der Waals surface area (Å²) >= 11 is 0. The number of carbonyl (C=O) groups excluding carboxylic acids is 9. The number of nitrogens with zero attached hydrogens (tertiary/aromatic N) is 1. The standard InChI is InChI=1S/C70H72N4O16/c1-9-40(2)55(68(82)84-8)72-61(75)53(71-62(76)56(42(4)90-70(5,6)7)73-69(83)86-38-52-48-33-21-19-31-46(48)47-32-20-22-34-49(47)52)37-41(3)58-57(74-63(77)50-35-23-24-36-51(50)64(74)78)60(89-67(81)45-29-17-12-18-30-45)59(88-66(80)44-27-15-11-16-28-44)54(87-58)39-85-65(79)43-25-13-10-14-26-43/h10-36,40,42,52-60H,3,9,37-39H2,1-2,4-8H3,(H,71,76)(H,72,75)(H,73,83)/t40?,42-,53+,54?,55+,56+,57?,58+,59-,60?/m1/s1. The van der Waals surface area contributed by atoms with E-state index in [4.69, 9.17) is 33.2 Å². The van der Waals surface area contributed by atoms with E-state index in [-0.39, 0.29) is 45.9 Å². The van der Waals surface area contributed by atoms with Crippen LogP contribution in [-0.2, 0) is 47.5 Å². The predicted molar refractivity (Wildman–Crippen MR) is 329 cm³/mol. The van der Waals surface area contributed by atoms with Crippen LogP contribution in [0.1, 0.15) is 123 Å². The van der Waals surface area contributed by atoms with Gasteiger partial charge in [-0.3, -0.25) is 24.1 Å². The fourth-order valence-corrected chi connectivity index (χ4v) is 11.5. The molecule has 2 aliphatic heterocycles. The van der Waals surface area contributed by atoms with Gasteiger partial charge in [0, 0.05) is 5.92 Å². The zero-order chi connectivity index (χ0) is 64.4. The Morgan fingerprint density at radius 3 is 1.56 bits per heavy atom. The Labute approximate surface area is 521 Å². The van der Waals surface area contributed by atoms with Gasteiger partial charge in [-0.05, 0) is 116 Å². The number of benzene rings is 6. The highest BCUT2D eigenvalue weighted by Gasteiger charge is 2.58. The fourth-order valence-electron chi connectivity index (χ4n) is 11.5. The minimum Gasteiger partial charge on any atom is -0.467 e. The molecule has 0 saturated carbocycles. The monoisotopic (exact) mass is 1220 g/mol. The number of alkyl carbamates (subject to hydrolysis) is 1. The molecule has 10 atom stereocenters. The summed E-state index contributed by atoms with van der Waals surface area (Å²) in [5, 5.41) is 8.18. The number of nitrogens with one attached hydrogen (secondary N) is 3. The number of hydrogen-bond donors (Lipinski definition) is 3. The zero-order valence-corrected chi connectivity index (χ0v) is 51.0. The summed E-state index contributed by atoms with van der Waals surface area (Å²) in [5.74, 6) is -8.18. The third-order valence-corrected chi connectivity index (χ3v) is 16.1. The van der Waals surface area contributed by atoms with Crippen molar-refractivity contribution in [3.63, 3.8) is 0 Å². The van der Waals surface area contributed by atoms with E-state index in [2.05, 4.69) is 22.5 Å². The highest BCUT2D eigenvalue weighted by atomic mass is 16.6. The van der Waals surface area contributed by atoms with Gasteiger partial charge in [-0.2, -0.15) is 0 Å². The van der Waals surface area contributed by atoms with E-state index < -0.39 is 133 Å². The van der Waals surface area contributed by atoms with Crippen molar-refractivity contribution in [3.8, 4) is 11.1 Å². The number of imide groups is 1. The van der Waals surface area contributed by atoms with Gasteiger partial charge < -0.3 is 49.1 Å². The summed E-state index contributed by atoms with van der Waals surface area (Å²) in [6, 6.07) is 38.4. The Morgan fingerprint density at radius 1 is 0.578 bits per heavy atom. The first-order valence-electron chi connectivity index (χ1n) is 29.7. The molecule has 4 unspecified atom stereocenters. The number of hydrogen-bond acceptors (Lipinski definition) is 16. The second kappa shape index (κ2) is 28.6. The molecule has 6 aromatic carbocycles. The molecule has 2 heterocycles. The van der Waals surface area contributed by atoms with E-state index in [9.17, 15) is 33.6 Å². The van der Waals surface area contributed by atoms with Crippen molar-refractivity contribution < 1.29 is 76.3 Å². The molecule has 1 fully saturated rings. The number of ether oxygens (including phenoxy) is 7. The summed E-state index contributed by atoms with van der Waals surface area (Å²) in [6.45, 7) is 13.9. The van der Waals surface area contributed by atoms with E-state index in [0.717, 1.165) is 34.3 Å². The maximum absolute atomic E-state index is 15.3. The van der Waals surface area contributed by atoms with Gasteiger partial charge in [0.25, 0.3) is 11.8 Å². The van der Waals surface area contributed by atoms with E-state index >= 15 is 9.59 Å². The first-order valence-corrected chi connectivity index (χ1v) is 29.7. The van der Waals surface area contributed by atoms with E-state index in [0.29, 0.717) is 6.42 Å². The third-order valence-electron chi connectivity index (χ3n) is 16.1. The average molecular weight is 1230 g/mol. The number of methoxy groups -OCH3 is 1. The highest BCUT2D eigenvalue weighted by molar-refractivity contribution is 6.21. The molecule has 0 bridgehead atoms. The van der Waals surface area contributed by atoms with Crippen LogP contribution in [0.15, 0.2) is 176 Å².